The lowest BCUT2D eigenvalue weighted by atomic mass is 10.2. The first-order chi connectivity index (χ1) is 6.76. The normalized spacial score (nSPS) is 11.1. The van der Waals surface area contributed by atoms with Crippen LogP contribution in [0, 0.1) is 5.82 Å². The molecule has 74 valence electrons. The molecule has 0 aliphatic heterocycles. The molecule has 0 amide bonds. The first-order valence-corrected chi connectivity index (χ1v) is 7.23. The lowest BCUT2D eigenvalue weighted by molar-refractivity contribution is 0.640. The maximum atomic E-state index is 13.4. The highest BCUT2D eigenvalue weighted by Crippen LogP contribution is 2.35. The van der Waals surface area contributed by atoms with Gasteiger partial charge < -0.3 is 0 Å². The van der Waals surface area contributed by atoms with Crippen molar-refractivity contribution in [2.24, 2.45) is 0 Å². The monoisotopic (exact) mass is 290 g/mol. The van der Waals surface area contributed by atoms with Gasteiger partial charge in [0.05, 0.1) is 4.21 Å². The second-order valence-corrected chi connectivity index (χ2v) is 5.57. The smallest absolute Gasteiger partial charge is 0.131 e. The number of thioether (sulfide) groups is 1. The molecule has 0 unspecified atom stereocenters. The van der Waals surface area contributed by atoms with Crippen LogP contribution in [0.5, 0.6) is 0 Å². The maximum Gasteiger partial charge on any atom is 0.131 e. The highest BCUT2D eigenvalue weighted by molar-refractivity contribution is 9.08. The van der Waals surface area contributed by atoms with E-state index in [9.17, 15) is 4.39 Å². The zero-order chi connectivity index (χ0) is 10.1. The first-order valence-electron chi connectivity index (χ1n) is 4.07. The summed E-state index contributed by atoms with van der Waals surface area (Å²) in [5, 5.41) is 1.52. The van der Waals surface area contributed by atoms with Crippen LogP contribution in [0.1, 0.15) is 5.56 Å². The number of halogens is 2. The lowest BCUT2D eigenvalue weighted by Crippen LogP contribution is -1.80. The summed E-state index contributed by atoms with van der Waals surface area (Å²) in [6.45, 7) is 0. The van der Waals surface area contributed by atoms with Gasteiger partial charge in [-0.2, -0.15) is 0 Å². The minimum atomic E-state index is -0.124. The summed E-state index contributed by atoms with van der Waals surface area (Å²) in [6.07, 6.45) is 2.01. The van der Waals surface area contributed by atoms with Gasteiger partial charge in [0.1, 0.15) is 5.82 Å². The molecule has 0 saturated heterocycles. The van der Waals surface area contributed by atoms with Crippen molar-refractivity contribution in [2.45, 2.75) is 9.54 Å². The molecule has 1 aromatic carbocycles. The van der Waals surface area contributed by atoms with Gasteiger partial charge in [0.15, 0.2) is 0 Å². The SMILES string of the molecule is CSc1cc2c(F)ccc(CBr)c2s1. The van der Waals surface area contributed by atoms with Gasteiger partial charge in [0.2, 0.25) is 0 Å². The number of alkyl halides is 1. The van der Waals surface area contributed by atoms with Crippen LogP contribution in [0.2, 0.25) is 0 Å². The average Bonchev–Trinajstić information content (AvgIpc) is 2.63. The standard InChI is InChI=1S/C10H8BrFS2/c1-13-9-4-7-8(12)3-2-6(5-11)10(7)14-9/h2-4H,5H2,1H3. The molecule has 4 heteroatoms. The van der Waals surface area contributed by atoms with Crippen molar-refractivity contribution in [1.82, 2.24) is 0 Å². The zero-order valence-electron chi connectivity index (χ0n) is 7.51. The van der Waals surface area contributed by atoms with Gasteiger partial charge in [-0.05, 0) is 24.0 Å². The fourth-order valence-corrected chi connectivity index (χ4v) is 3.72. The van der Waals surface area contributed by atoms with Crippen molar-refractivity contribution >= 4 is 49.1 Å². The van der Waals surface area contributed by atoms with Crippen molar-refractivity contribution in [3.05, 3.63) is 29.6 Å². The topological polar surface area (TPSA) is 0 Å². The van der Waals surface area contributed by atoms with E-state index in [0.717, 1.165) is 25.2 Å². The molecule has 0 aliphatic rings. The number of rotatable bonds is 2. The third-order valence-electron chi connectivity index (χ3n) is 2.03. The predicted molar refractivity (Wildman–Crippen MR) is 66.2 cm³/mol. The fraction of sp³-hybridized carbons (Fsp3) is 0.200. The third kappa shape index (κ3) is 1.71. The minimum Gasteiger partial charge on any atom is -0.206 e. The maximum absolute atomic E-state index is 13.4. The van der Waals surface area contributed by atoms with Gasteiger partial charge in [-0.25, -0.2) is 4.39 Å². The second-order valence-electron chi connectivity index (χ2n) is 2.85. The molecule has 0 fully saturated rings. The molecule has 0 nitrogen and oxygen atoms in total. The largest absolute Gasteiger partial charge is 0.206 e. The summed E-state index contributed by atoms with van der Waals surface area (Å²) >= 11 is 6.73. The number of hydrogen-bond acceptors (Lipinski definition) is 2. The van der Waals surface area contributed by atoms with Crippen molar-refractivity contribution < 1.29 is 4.39 Å². The molecule has 1 aromatic heterocycles. The van der Waals surface area contributed by atoms with Crippen molar-refractivity contribution in [2.75, 3.05) is 6.26 Å². The summed E-state index contributed by atoms with van der Waals surface area (Å²) < 4.78 is 15.7. The molecule has 2 rings (SSSR count). The highest BCUT2D eigenvalue weighted by Gasteiger charge is 2.09. The van der Waals surface area contributed by atoms with E-state index in [-0.39, 0.29) is 5.82 Å². The van der Waals surface area contributed by atoms with Gasteiger partial charge in [0.25, 0.3) is 0 Å². The Morgan fingerprint density at radius 3 is 2.93 bits per heavy atom. The van der Waals surface area contributed by atoms with Crippen LogP contribution in [0.25, 0.3) is 10.1 Å². The van der Waals surface area contributed by atoms with E-state index >= 15 is 0 Å². The number of fused-ring (bicyclic) bond motifs is 1. The summed E-state index contributed by atoms with van der Waals surface area (Å²) in [6, 6.07) is 5.30. The van der Waals surface area contributed by atoms with Crippen molar-refractivity contribution in [3.63, 3.8) is 0 Å². The van der Waals surface area contributed by atoms with Gasteiger partial charge in [0, 0.05) is 15.4 Å². The van der Waals surface area contributed by atoms with Crippen LogP contribution in [-0.4, -0.2) is 6.26 Å². The van der Waals surface area contributed by atoms with Crippen molar-refractivity contribution in [3.8, 4) is 0 Å². The van der Waals surface area contributed by atoms with Crippen LogP contribution >= 0.6 is 39.0 Å². The molecular formula is C10H8BrFS2. The van der Waals surface area contributed by atoms with E-state index in [1.165, 1.54) is 6.07 Å². The molecule has 0 saturated carbocycles. The van der Waals surface area contributed by atoms with Gasteiger partial charge in [-0.3, -0.25) is 0 Å². The van der Waals surface area contributed by atoms with Gasteiger partial charge >= 0.3 is 0 Å². The van der Waals surface area contributed by atoms with Crippen LogP contribution in [0.3, 0.4) is 0 Å². The van der Waals surface area contributed by atoms with E-state index < -0.39 is 0 Å². The molecule has 14 heavy (non-hydrogen) atoms. The third-order valence-corrected chi connectivity index (χ3v) is 4.91. The van der Waals surface area contributed by atoms with E-state index in [1.54, 1.807) is 23.1 Å². The molecule has 1 heterocycles. The van der Waals surface area contributed by atoms with Crippen LogP contribution in [-0.2, 0) is 5.33 Å². The van der Waals surface area contributed by atoms with Crippen LogP contribution < -0.4 is 0 Å². The molecule has 0 bridgehead atoms. The van der Waals surface area contributed by atoms with Gasteiger partial charge in [-0.15, -0.1) is 23.1 Å². The van der Waals surface area contributed by atoms with Crippen molar-refractivity contribution in [1.29, 1.82) is 0 Å². The Kier molecular flexibility index (Phi) is 3.14. The molecule has 0 radical (unpaired) electrons. The predicted octanol–water partition coefficient (Wildman–Crippen LogP) is 4.66. The number of benzene rings is 1. The Labute approximate surface area is 98.6 Å². The minimum absolute atomic E-state index is 0.124. The fourth-order valence-electron chi connectivity index (χ4n) is 1.33. The molecular weight excluding hydrogens is 283 g/mol. The first kappa shape index (κ1) is 10.5. The van der Waals surface area contributed by atoms with E-state index in [1.807, 2.05) is 18.4 Å². The van der Waals surface area contributed by atoms with E-state index in [2.05, 4.69) is 15.9 Å². The Morgan fingerprint density at radius 1 is 1.50 bits per heavy atom. The number of thiophene rings is 1. The molecule has 0 N–H and O–H groups in total. The Bertz CT molecular complexity index is 464. The number of hydrogen-bond donors (Lipinski definition) is 0. The zero-order valence-corrected chi connectivity index (χ0v) is 10.7. The molecule has 0 aliphatic carbocycles. The molecule has 0 spiro atoms. The average molecular weight is 291 g/mol. The van der Waals surface area contributed by atoms with E-state index in [0.29, 0.717) is 0 Å². The summed E-state index contributed by atoms with van der Waals surface area (Å²) in [7, 11) is 0. The van der Waals surface area contributed by atoms with Crippen LogP contribution in [0.15, 0.2) is 22.4 Å². The Hall–Kier alpha value is -0.0600. The second kappa shape index (κ2) is 4.21. The molecule has 2 aromatic rings. The molecule has 0 atom stereocenters. The quantitative estimate of drug-likeness (QED) is 0.573. The lowest BCUT2D eigenvalue weighted by Gasteiger charge is -1.97. The summed E-state index contributed by atoms with van der Waals surface area (Å²) in [4.78, 5) is 0. The van der Waals surface area contributed by atoms with E-state index in [4.69, 9.17) is 0 Å². The Balaban J connectivity index is 2.74. The summed E-state index contributed by atoms with van der Waals surface area (Å²) in [5.41, 5.74) is 1.16. The summed E-state index contributed by atoms with van der Waals surface area (Å²) in [5.74, 6) is -0.124. The Morgan fingerprint density at radius 2 is 2.29 bits per heavy atom. The van der Waals surface area contributed by atoms with Crippen LogP contribution in [0.4, 0.5) is 4.39 Å². The highest BCUT2D eigenvalue weighted by atomic mass is 79.9. The van der Waals surface area contributed by atoms with Gasteiger partial charge in [-0.1, -0.05) is 22.0 Å².